The summed E-state index contributed by atoms with van der Waals surface area (Å²) in [7, 11) is 0. The first-order valence-corrected chi connectivity index (χ1v) is 10.7. The predicted octanol–water partition coefficient (Wildman–Crippen LogP) is 3.83. The molecule has 1 atom stereocenters. The van der Waals surface area contributed by atoms with Crippen molar-refractivity contribution in [3.63, 3.8) is 0 Å². The van der Waals surface area contributed by atoms with E-state index in [1.165, 1.54) is 17.7 Å². The number of ether oxygens (including phenoxy) is 1. The van der Waals surface area contributed by atoms with Gasteiger partial charge in [0.25, 0.3) is 5.91 Å². The summed E-state index contributed by atoms with van der Waals surface area (Å²) in [5, 5.41) is 5.14. The van der Waals surface area contributed by atoms with Gasteiger partial charge in [-0.1, -0.05) is 6.07 Å². The SMILES string of the molecule is Cc1[nH]c(C(=O)NCC(c2cccs2)N2CCCC2)c(C)c1C(=O)OC(C)C. The van der Waals surface area contributed by atoms with E-state index in [1.54, 1.807) is 25.2 Å². The molecule has 1 saturated heterocycles. The molecule has 1 aliphatic heterocycles. The number of esters is 1. The minimum Gasteiger partial charge on any atom is -0.459 e. The lowest BCUT2D eigenvalue weighted by Crippen LogP contribution is -2.36. The molecular formula is C21H29N3O3S. The van der Waals surface area contributed by atoms with Crippen LogP contribution in [0.25, 0.3) is 0 Å². The van der Waals surface area contributed by atoms with Crippen LogP contribution in [0.15, 0.2) is 17.5 Å². The number of aryl methyl sites for hydroxylation is 1. The van der Waals surface area contributed by atoms with Crippen molar-refractivity contribution >= 4 is 23.2 Å². The summed E-state index contributed by atoms with van der Waals surface area (Å²) in [6, 6.07) is 4.37. The summed E-state index contributed by atoms with van der Waals surface area (Å²) in [5.74, 6) is -0.584. The molecule has 3 heterocycles. The number of amides is 1. The zero-order valence-corrected chi connectivity index (χ0v) is 17.8. The van der Waals surface area contributed by atoms with Gasteiger partial charge in [0.05, 0.1) is 17.7 Å². The number of likely N-dealkylation sites (tertiary alicyclic amines) is 1. The van der Waals surface area contributed by atoms with E-state index in [0.29, 0.717) is 29.1 Å². The van der Waals surface area contributed by atoms with E-state index in [2.05, 4.69) is 32.7 Å². The molecular weight excluding hydrogens is 374 g/mol. The maximum Gasteiger partial charge on any atom is 0.340 e. The second-order valence-corrected chi connectivity index (χ2v) is 8.54. The molecule has 1 fully saturated rings. The summed E-state index contributed by atoms with van der Waals surface area (Å²) >= 11 is 1.72. The third kappa shape index (κ3) is 4.47. The summed E-state index contributed by atoms with van der Waals surface area (Å²) < 4.78 is 5.31. The molecule has 0 aromatic carbocycles. The molecule has 0 aliphatic carbocycles. The summed E-state index contributed by atoms with van der Waals surface area (Å²) in [6.45, 7) is 9.86. The number of hydrogen-bond acceptors (Lipinski definition) is 5. The average Bonchev–Trinajstić information content (AvgIpc) is 3.36. The Morgan fingerprint density at radius 2 is 2.00 bits per heavy atom. The van der Waals surface area contributed by atoms with Crippen LogP contribution in [0, 0.1) is 13.8 Å². The van der Waals surface area contributed by atoms with Gasteiger partial charge in [-0.3, -0.25) is 9.69 Å². The lowest BCUT2D eigenvalue weighted by atomic mass is 10.1. The third-order valence-corrected chi connectivity index (χ3v) is 6.09. The highest BCUT2D eigenvalue weighted by Gasteiger charge is 2.27. The van der Waals surface area contributed by atoms with Gasteiger partial charge in [0, 0.05) is 17.1 Å². The Morgan fingerprint density at radius 1 is 1.29 bits per heavy atom. The molecule has 0 saturated carbocycles. The summed E-state index contributed by atoms with van der Waals surface area (Å²) in [4.78, 5) is 32.0. The van der Waals surface area contributed by atoms with Crippen LogP contribution in [0.3, 0.4) is 0 Å². The number of thiophene rings is 1. The lowest BCUT2D eigenvalue weighted by Gasteiger charge is -2.26. The second-order valence-electron chi connectivity index (χ2n) is 7.56. The number of nitrogens with one attached hydrogen (secondary N) is 2. The van der Waals surface area contributed by atoms with Crippen molar-refractivity contribution < 1.29 is 14.3 Å². The normalized spacial score (nSPS) is 15.8. The third-order valence-electron chi connectivity index (χ3n) is 5.12. The van der Waals surface area contributed by atoms with Gasteiger partial charge in [-0.15, -0.1) is 11.3 Å². The fourth-order valence-electron chi connectivity index (χ4n) is 3.78. The van der Waals surface area contributed by atoms with Crippen LogP contribution in [0.4, 0.5) is 0 Å². The Hall–Kier alpha value is -2.12. The van der Waals surface area contributed by atoms with Gasteiger partial charge in [0.2, 0.25) is 0 Å². The van der Waals surface area contributed by atoms with Gasteiger partial charge in [-0.25, -0.2) is 4.79 Å². The van der Waals surface area contributed by atoms with Gasteiger partial charge < -0.3 is 15.0 Å². The van der Waals surface area contributed by atoms with Crippen molar-refractivity contribution in [1.82, 2.24) is 15.2 Å². The average molecular weight is 404 g/mol. The quantitative estimate of drug-likeness (QED) is 0.689. The number of hydrogen-bond donors (Lipinski definition) is 2. The molecule has 0 bridgehead atoms. The largest absolute Gasteiger partial charge is 0.459 e. The van der Waals surface area contributed by atoms with E-state index in [4.69, 9.17) is 4.74 Å². The number of nitrogens with zero attached hydrogens (tertiary/aromatic N) is 1. The lowest BCUT2D eigenvalue weighted by molar-refractivity contribution is 0.0376. The van der Waals surface area contributed by atoms with Crippen LogP contribution in [-0.2, 0) is 4.74 Å². The van der Waals surface area contributed by atoms with E-state index in [1.807, 2.05) is 13.8 Å². The Bertz CT molecular complexity index is 820. The number of aromatic nitrogens is 1. The van der Waals surface area contributed by atoms with E-state index < -0.39 is 5.97 Å². The minimum atomic E-state index is -0.395. The summed E-state index contributed by atoms with van der Waals surface area (Å²) in [6.07, 6.45) is 2.20. The van der Waals surface area contributed by atoms with Crippen LogP contribution in [-0.4, -0.2) is 47.5 Å². The topological polar surface area (TPSA) is 74.4 Å². The molecule has 2 aromatic rings. The number of rotatable bonds is 7. The first kappa shape index (κ1) is 20.6. The van der Waals surface area contributed by atoms with E-state index in [-0.39, 0.29) is 18.1 Å². The molecule has 1 amide bonds. The van der Waals surface area contributed by atoms with E-state index >= 15 is 0 Å². The summed E-state index contributed by atoms with van der Waals surface area (Å²) in [5.41, 5.74) is 2.17. The molecule has 0 radical (unpaired) electrons. The van der Waals surface area contributed by atoms with E-state index in [0.717, 1.165) is 13.1 Å². The van der Waals surface area contributed by atoms with Crippen molar-refractivity contribution in [3.8, 4) is 0 Å². The van der Waals surface area contributed by atoms with Gasteiger partial charge in [0.15, 0.2) is 0 Å². The van der Waals surface area contributed by atoms with Crippen molar-refractivity contribution in [3.05, 3.63) is 44.9 Å². The van der Waals surface area contributed by atoms with Crippen molar-refractivity contribution in [2.75, 3.05) is 19.6 Å². The van der Waals surface area contributed by atoms with Crippen molar-refractivity contribution in [2.45, 2.75) is 52.7 Å². The van der Waals surface area contributed by atoms with Gasteiger partial charge in [-0.2, -0.15) is 0 Å². The maximum atomic E-state index is 12.9. The molecule has 3 rings (SSSR count). The highest BCUT2D eigenvalue weighted by molar-refractivity contribution is 7.10. The molecule has 2 N–H and O–H groups in total. The molecule has 152 valence electrons. The molecule has 0 spiro atoms. The molecule has 6 nitrogen and oxygen atoms in total. The Morgan fingerprint density at radius 3 is 2.61 bits per heavy atom. The monoisotopic (exact) mass is 403 g/mol. The first-order chi connectivity index (χ1) is 13.4. The smallest absolute Gasteiger partial charge is 0.340 e. The van der Waals surface area contributed by atoms with Gasteiger partial charge in [0.1, 0.15) is 5.69 Å². The van der Waals surface area contributed by atoms with Crippen LogP contribution < -0.4 is 5.32 Å². The minimum absolute atomic E-state index is 0.188. The van der Waals surface area contributed by atoms with Crippen LogP contribution in [0.1, 0.15) is 69.7 Å². The van der Waals surface area contributed by atoms with Crippen molar-refractivity contribution in [1.29, 1.82) is 0 Å². The fraction of sp³-hybridized carbons (Fsp3) is 0.524. The van der Waals surface area contributed by atoms with Gasteiger partial charge in [-0.05, 0) is 70.6 Å². The number of carbonyl (C=O) groups is 2. The second kappa shape index (κ2) is 8.92. The molecule has 2 aromatic heterocycles. The van der Waals surface area contributed by atoms with E-state index in [9.17, 15) is 9.59 Å². The number of H-pyrrole nitrogens is 1. The Labute approximate surface area is 170 Å². The first-order valence-electron chi connectivity index (χ1n) is 9.84. The zero-order valence-electron chi connectivity index (χ0n) is 17.0. The van der Waals surface area contributed by atoms with Crippen LogP contribution in [0.5, 0.6) is 0 Å². The highest BCUT2D eigenvalue weighted by atomic mass is 32.1. The highest BCUT2D eigenvalue weighted by Crippen LogP contribution is 2.28. The standard InChI is InChI=1S/C21H29N3O3S/c1-13(2)27-21(26)18-14(3)19(23-15(18)4)20(25)22-12-16(17-8-7-11-28-17)24-9-5-6-10-24/h7-8,11,13,16,23H,5-6,9-10,12H2,1-4H3,(H,22,25). The molecule has 28 heavy (non-hydrogen) atoms. The van der Waals surface area contributed by atoms with Crippen LogP contribution in [0.2, 0.25) is 0 Å². The number of carbonyl (C=O) groups excluding carboxylic acids is 2. The molecule has 1 aliphatic rings. The van der Waals surface area contributed by atoms with Crippen molar-refractivity contribution in [2.24, 2.45) is 0 Å². The number of aromatic amines is 1. The Kier molecular flexibility index (Phi) is 6.57. The molecule has 1 unspecified atom stereocenters. The van der Waals surface area contributed by atoms with Crippen LogP contribution >= 0.6 is 11.3 Å². The predicted molar refractivity (Wildman–Crippen MR) is 111 cm³/mol. The van der Waals surface area contributed by atoms with Gasteiger partial charge >= 0.3 is 5.97 Å². The molecule has 7 heteroatoms. The zero-order chi connectivity index (χ0) is 20.3. The Balaban J connectivity index is 1.73. The maximum absolute atomic E-state index is 12.9. The fourth-order valence-corrected chi connectivity index (χ4v) is 4.64.